The van der Waals surface area contributed by atoms with Gasteiger partial charge in [-0.3, -0.25) is 4.98 Å². The maximum absolute atomic E-state index is 11.1. The average Bonchev–Trinajstić information content (AvgIpc) is 2.60. The maximum Gasteiger partial charge on any atom is 0.404 e. The van der Waals surface area contributed by atoms with Gasteiger partial charge in [-0.05, 0) is 48.6 Å². The van der Waals surface area contributed by atoms with Gasteiger partial charge in [0, 0.05) is 23.2 Å². The van der Waals surface area contributed by atoms with Crippen LogP contribution in [0.4, 0.5) is 4.79 Å². The number of nitrogens with one attached hydrogen (secondary N) is 1. The molecule has 0 radical (unpaired) electrons. The summed E-state index contributed by atoms with van der Waals surface area (Å²) in [6.07, 6.45) is -0.330. The first-order chi connectivity index (χ1) is 12.8. The van der Waals surface area contributed by atoms with Crippen molar-refractivity contribution in [3.63, 3.8) is 0 Å². The van der Waals surface area contributed by atoms with E-state index in [1.807, 2.05) is 31.2 Å². The number of hydrogen-bond acceptors (Lipinski definition) is 3. The van der Waals surface area contributed by atoms with Gasteiger partial charge in [0.15, 0.2) is 0 Å². The zero-order valence-electron chi connectivity index (χ0n) is 15.8. The Balaban J connectivity index is 2.33. The zero-order valence-corrected chi connectivity index (χ0v) is 15.8. The van der Waals surface area contributed by atoms with Crippen molar-refractivity contribution in [1.29, 1.82) is 0 Å². The molecule has 0 aliphatic heterocycles. The van der Waals surface area contributed by atoms with Gasteiger partial charge in [0.05, 0.1) is 5.52 Å². The lowest BCUT2D eigenvalue weighted by atomic mass is 9.91. The molecule has 3 rings (SSSR count). The molecular weight excluding hydrogens is 340 g/mol. The number of carbonyl (C=O) groups is 1. The zero-order chi connectivity index (χ0) is 19.6. The van der Waals surface area contributed by atoms with Crippen LogP contribution in [-0.2, 0) is 13.0 Å². The molecule has 2 aromatic carbocycles. The second-order valence-corrected chi connectivity index (χ2v) is 7.24. The molecule has 5 nitrogen and oxygen atoms in total. The Bertz CT molecular complexity index is 979. The SMILES string of the molecule is Cc1ccc(-c2c(CNC(=O)O)c(CC(C)C)nc3ccc(O)cc23)cc1. The van der Waals surface area contributed by atoms with Crippen molar-refractivity contribution in [2.75, 3.05) is 0 Å². The van der Waals surface area contributed by atoms with E-state index < -0.39 is 6.09 Å². The lowest BCUT2D eigenvalue weighted by Crippen LogP contribution is -2.22. The summed E-state index contributed by atoms with van der Waals surface area (Å²) in [7, 11) is 0. The molecule has 0 unspecified atom stereocenters. The van der Waals surface area contributed by atoms with Gasteiger partial charge >= 0.3 is 6.09 Å². The van der Waals surface area contributed by atoms with Crippen molar-refractivity contribution in [3.8, 4) is 16.9 Å². The van der Waals surface area contributed by atoms with Gasteiger partial charge in [0.1, 0.15) is 5.75 Å². The lowest BCUT2D eigenvalue weighted by Gasteiger charge is -2.19. The largest absolute Gasteiger partial charge is 0.508 e. The summed E-state index contributed by atoms with van der Waals surface area (Å²) in [6.45, 7) is 6.42. The van der Waals surface area contributed by atoms with Crippen molar-refractivity contribution in [1.82, 2.24) is 10.3 Å². The number of aryl methyl sites for hydroxylation is 1. The Labute approximate surface area is 158 Å². The number of rotatable bonds is 5. The quantitative estimate of drug-likeness (QED) is 0.602. The highest BCUT2D eigenvalue weighted by Crippen LogP contribution is 2.35. The van der Waals surface area contributed by atoms with Gasteiger partial charge in [-0.2, -0.15) is 0 Å². The molecule has 140 valence electrons. The molecule has 0 aliphatic carbocycles. The summed E-state index contributed by atoms with van der Waals surface area (Å²) in [4.78, 5) is 15.9. The highest BCUT2D eigenvalue weighted by molar-refractivity contribution is 5.97. The van der Waals surface area contributed by atoms with Crippen LogP contribution in [0, 0.1) is 12.8 Å². The van der Waals surface area contributed by atoms with Crippen LogP contribution >= 0.6 is 0 Å². The molecule has 0 spiro atoms. The molecular formula is C22H24N2O3. The monoisotopic (exact) mass is 364 g/mol. The highest BCUT2D eigenvalue weighted by Gasteiger charge is 2.18. The Kier molecular flexibility index (Phi) is 5.31. The standard InChI is InChI=1S/C22H24N2O3/c1-13(2)10-20-18(12-23-22(26)27)21(15-6-4-14(3)5-7-15)17-11-16(25)8-9-19(17)24-20/h4-9,11,13,23,25H,10,12H2,1-3H3,(H,26,27). The summed E-state index contributed by atoms with van der Waals surface area (Å²) < 4.78 is 0. The summed E-state index contributed by atoms with van der Waals surface area (Å²) in [6, 6.07) is 13.2. The predicted octanol–water partition coefficient (Wildman–Crippen LogP) is 4.88. The van der Waals surface area contributed by atoms with Crippen LogP contribution in [-0.4, -0.2) is 21.3 Å². The third-order valence-corrected chi connectivity index (χ3v) is 4.51. The number of hydrogen-bond donors (Lipinski definition) is 3. The fourth-order valence-electron chi connectivity index (χ4n) is 3.30. The third kappa shape index (κ3) is 4.19. The van der Waals surface area contributed by atoms with Crippen LogP contribution in [0.1, 0.15) is 30.7 Å². The van der Waals surface area contributed by atoms with Gasteiger partial charge in [0.25, 0.3) is 0 Å². The van der Waals surface area contributed by atoms with Crippen LogP contribution in [0.25, 0.3) is 22.0 Å². The third-order valence-electron chi connectivity index (χ3n) is 4.51. The van der Waals surface area contributed by atoms with Crippen molar-refractivity contribution in [3.05, 3.63) is 59.3 Å². The maximum atomic E-state index is 11.1. The molecule has 1 aromatic heterocycles. The number of aromatic hydroxyl groups is 1. The first-order valence-corrected chi connectivity index (χ1v) is 9.03. The summed E-state index contributed by atoms with van der Waals surface area (Å²) in [5, 5.41) is 22.5. The van der Waals surface area contributed by atoms with Crippen molar-refractivity contribution >= 4 is 17.0 Å². The van der Waals surface area contributed by atoms with E-state index in [9.17, 15) is 9.90 Å². The van der Waals surface area contributed by atoms with Gasteiger partial charge in [-0.25, -0.2) is 4.79 Å². The van der Waals surface area contributed by atoms with E-state index in [1.54, 1.807) is 18.2 Å². The lowest BCUT2D eigenvalue weighted by molar-refractivity contribution is 0.194. The van der Waals surface area contributed by atoms with E-state index in [0.29, 0.717) is 5.92 Å². The Morgan fingerprint density at radius 2 is 1.85 bits per heavy atom. The average molecular weight is 364 g/mol. The second-order valence-electron chi connectivity index (χ2n) is 7.24. The molecule has 27 heavy (non-hydrogen) atoms. The molecule has 0 aliphatic rings. The van der Waals surface area contributed by atoms with E-state index in [4.69, 9.17) is 10.1 Å². The minimum absolute atomic E-state index is 0.159. The number of amides is 1. The van der Waals surface area contributed by atoms with Crippen molar-refractivity contribution < 1.29 is 15.0 Å². The Morgan fingerprint density at radius 3 is 2.48 bits per heavy atom. The van der Waals surface area contributed by atoms with E-state index in [-0.39, 0.29) is 12.3 Å². The number of carboxylic acid groups (broad SMARTS) is 1. The van der Waals surface area contributed by atoms with Crippen LogP contribution in [0.5, 0.6) is 5.75 Å². The Morgan fingerprint density at radius 1 is 1.15 bits per heavy atom. The number of benzene rings is 2. The van der Waals surface area contributed by atoms with Crippen LogP contribution < -0.4 is 5.32 Å². The minimum atomic E-state index is -1.07. The molecule has 1 heterocycles. The second kappa shape index (κ2) is 7.66. The number of aromatic nitrogens is 1. The molecule has 0 atom stereocenters. The summed E-state index contributed by atoms with van der Waals surface area (Å²) in [5.74, 6) is 0.535. The molecule has 0 bridgehead atoms. The molecule has 5 heteroatoms. The number of fused-ring (bicyclic) bond motifs is 1. The molecule has 3 aromatic rings. The highest BCUT2D eigenvalue weighted by atomic mass is 16.4. The smallest absolute Gasteiger partial charge is 0.404 e. The van der Waals surface area contributed by atoms with Gasteiger partial charge in [0.2, 0.25) is 0 Å². The fourth-order valence-corrected chi connectivity index (χ4v) is 3.30. The first-order valence-electron chi connectivity index (χ1n) is 9.03. The van der Waals surface area contributed by atoms with Gasteiger partial charge < -0.3 is 15.5 Å². The molecule has 0 saturated carbocycles. The van der Waals surface area contributed by atoms with Crippen LogP contribution in [0.3, 0.4) is 0 Å². The number of phenolic OH excluding ortho intramolecular Hbond substituents is 1. The first kappa shape index (κ1) is 18.7. The number of nitrogens with zero attached hydrogens (tertiary/aromatic N) is 1. The van der Waals surface area contributed by atoms with Crippen molar-refractivity contribution in [2.45, 2.75) is 33.7 Å². The van der Waals surface area contributed by atoms with Crippen molar-refractivity contribution in [2.24, 2.45) is 5.92 Å². The van der Waals surface area contributed by atoms with E-state index >= 15 is 0 Å². The van der Waals surface area contributed by atoms with Crippen LogP contribution in [0.15, 0.2) is 42.5 Å². The normalized spacial score (nSPS) is 11.1. The number of pyridine rings is 1. The van der Waals surface area contributed by atoms with Gasteiger partial charge in [-0.15, -0.1) is 0 Å². The predicted molar refractivity (Wildman–Crippen MR) is 107 cm³/mol. The molecule has 0 saturated heterocycles. The summed E-state index contributed by atoms with van der Waals surface area (Å²) in [5.41, 5.74) is 5.57. The molecule has 0 fully saturated rings. The van der Waals surface area contributed by atoms with Gasteiger partial charge in [-0.1, -0.05) is 43.7 Å². The summed E-state index contributed by atoms with van der Waals surface area (Å²) >= 11 is 0. The van der Waals surface area contributed by atoms with E-state index in [1.165, 1.54) is 0 Å². The fraction of sp³-hybridized carbons (Fsp3) is 0.273. The Hall–Kier alpha value is -3.08. The topological polar surface area (TPSA) is 82.5 Å². The van der Waals surface area contributed by atoms with E-state index in [0.717, 1.165) is 45.3 Å². The van der Waals surface area contributed by atoms with E-state index in [2.05, 4.69) is 19.2 Å². The van der Waals surface area contributed by atoms with Crippen LogP contribution in [0.2, 0.25) is 0 Å². The number of phenols is 1. The molecule has 3 N–H and O–H groups in total. The molecule has 1 amide bonds. The minimum Gasteiger partial charge on any atom is -0.508 e.